The quantitative estimate of drug-likeness (QED) is 0.869. The zero-order valence-corrected chi connectivity index (χ0v) is 9.72. The highest BCUT2D eigenvalue weighted by Crippen LogP contribution is 2.30. The van der Waals surface area contributed by atoms with Crippen molar-refractivity contribution >= 4 is 26.9 Å². The second-order valence-corrected chi connectivity index (χ2v) is 5.29. The number of aromatic amines is 1. The van der Waals surface area contributed by atoms with Crippen LogP contribution in [-0.4, -0.2) is 29.9 Å². The zero-order valence-electron chi connectivity index (χ0n) is 8.91. The van der Waals surface area contributed by atoms with Crippen LogP contribution in [0.15, 0.2) is 12.1 Å². The minimum atomic E-state index is -4.57. The summed E-state index contributed by atoms with van der Waals surface area (Å²) in [5.74, 6) is -0.0891. The number of nitrogens with one attached hydrogen (secondary N) is 2. The Kier molecular flexibility index (Phi) is 2.69. The highest BCUT2D eigenvalue weighted by atomic mass is 32.2. The van der Waals surface area contributed by atoms with Crippen molar-refractivity contribution in [3.05, 3.63) is 17.8 Å². The predicted octanol–water partition coefficient (Wildman–Crippen LogP) is 1.35. The number of alkyl halides is 3. The molecule has 0 amide bonds. The first-order chi connectivity index (χ1) is 8.17. The highest BCUT2D eigenvalue weighted by molar-refractivity contribution is 7.92. The molecule has 0 aliphatic carbocycles. The van der Waals surface area contributed by atoms with Crippen LogP contribution in [0, 0.1) is 0 Å². The van der Waals surface area contributed by atoms with E-state index in [4.69, 9.17) is 0 Å². The van der Waals surface area contributed by atoms with Gasteiger partial charge < -0.3 is 0 Å². The summed E-state index contributed by atoms with van der Waals surface area (Å²) in [6.07, 6.45) is -3.66. The van der Waals surface area contributed by atoms with E-state index in [0.717, 1.165) is 18.4 Å². The van der Waals surface area contributed by atoms with Gasteiger partial charge in [0.2, 0.25) is 10.0 Å². The molecule has 0 atom stereocenters. The van der Waals surface area contributed by atoms with Crippen molar-refractivity contribution < 1.29 is 21.6 Å². The Hall–Kier alpha value is -1.84. The molecule has 0 saturated heterocycles. The minimum absolute atomic E-state index is 0.0891. The first-order valence-electron chi connectivity index (χ1n) is 4.57. The third-order valence-electron chi connectivity index (χ3n) is 2.00. The van der Waals surface area contributed by atoms with Gasteiger partial charge in [0.25, 0.3) is 0 Å². The molecule has 0 spiro atoms. The lowest BCUT2D eigenvalue weighted by atomic mass is 10.3. The van der Waals surface area contributed by atoms with E-state index in [2.05, 4.69) is 19.9 Å². The van der Waals surface area contributed by atoms with Crippen LogP contribution < -0.4 is 4.72 Å². The van der Waals surface area contributed by atoms with Crippen molar-refractivity contribution in [2.24, 2.45) is 0 Å². The summed E-state index contributed by atoms with van der Waals surface area (Å²) in [6.45, 7) is 0. The summed E-state index contributed by atoms with van der Waals surface area (Å²) in [4.78, 5) is 3.32. The molecular weight excluding hydrogens is 273 g/mol. The van der Waals surface area contributed by atoms with Crippen LogP contribution in [0.1, 0.15) is 5.69 Å². The molecule has 18 heavy (non-hydrogen) atoms. The average Bonchev–Trinajstić information content (AvgIpc) is 2.57. The second kappa shape index (κ2) is 3.83. The molecule has 0 radical (unpaired) electrons. The van der Waals surface area contributed by atoms with E-state index in [1.165, 1.54) is 0 Å². The summed E-state index contributed by atoms with van der Waals surface area (Å²) in [5.41, 5.74) is -1.22. The third-order valence-corrected chi connectivity index (χ3v) is 2.56. The fraction of sp³-hybridized carbons (Fsp3) is 0.250. The van der Waals surface area contributed by atoms with E-state index in [9.17, 15) is 21.6 Å². The van der Waals surface area contributed by atoms with Crippen LogP contribution >= 0.6 is 0 Å². The molecule has 0 fully saturated rings. The van der Waals surface area contributed by atoms with Gasteiger partial charge in [-0.25, -0.2) is 13.4 Å². The zero-order chi connectivity index (χ0) is 13.6. The fourth-order valence-corrected chi connectivity index (χ4v) is 1.82. The van der Waals surface area contributed by atoms with Gasteiger partial charge in [-0.3, -0.25) is 9.82 Å². The Bertz CT molecular complexity index is 692. The second-order valence-electron chi connectivity index (χ2n) is 3.54. The Morgan fingerprint density at radius 1 is 1.33 bits per heavy atom. The van der Waals surface area contributed by atoms with E-state index in [1.807, 2.05) is 0 Å². The van der Waals surface area contributed by atoms with Crippen LogP contribution in [0.25, 0.3) is 11.0 Å². The topological polar surface area (TPSA) is 87.7 Å². The summed E-state index contributed by atoms with van der Waals surface area (Å²) < 4.78 is 61.2. The van der Waals surface area contributed by atoms with Crippen molar-refractivity contribution in [3.63, 3.8) is 0 Å². The number of anilines is 1. The molecule has 2 N–H and O–H groups in total. The standard InChI is InChI=1S/C8H7F3N4O2S/c1-18(16,17)15-7-4-2-3-5(8(9,10)11)12-6(4)13-14-7/h2-3H,1H3,(H2,12,13,14,15). The molecule has 0 aliphatic heterocycles. The third kappa shape index (κ3) is 2.53. The monoisotopic (exact) mass is 280 g/mol. The molecular formula is C8H7F3N4O2S. The average molecular weight is 280 g/mol. The SMILES string of the molecule is CS(=O)(=O)Nc1n[nH]c2nc(C(F)(F)F)ccc12. The Morgan fingerprint density at radius 2 is 2.00 bits per heavy atom. The first kappa shape index (κ1) is 12.6. The largest absolute Gasteiger partial charge is 0.433 e. The van der Waals surface area contributed by atoms with Crippen molar-refractivity contribution in [2.45, 2.75) is 6.18 Å². The number of hydrogen-bond donors (Lipinski definition) is 2. The van der Waals surface area contributed by atoms with Gasteiger partial charge in [0.15, 0.2) is 11.5 Å². The molecule has 0 bridgehead atoms. The van der Waals surface area contributed by atoms with E-state index < -0.39 is 21.9 Å². The van der Waals surface area contributed by atoms with Gasteiger partial charge >= 0.3 is 6.18 Å². The molecule has 0 saturated carbocycles. The molecule has 2 aromatic rings. The molecule has 2 heterocycles. The summed E-state index contributed by atoms with van der Waals surface area (Å²) in [6, 6.07) is 1.85. The molecule has 2 rings (SSSR count). The number of aromatic nitrogens is 3. The van der Waals surface area contributed by atoms with Gasteiger partial charge in [-0.15, -0.1) is 0 Å². The fourth-order valence-electron chi connectivity index (χ4n) is 1.32. The normalized spacial score (nSPS) is 12.9. The number of H-pyrrole nitrogens is 1. The molecule has 10 heteroatoms. The Morgan fingerprint density at radius 3 is 2.56 bits per heavy atom. The maximum Gasteiger partial charge on any atom is 0.433 e. The summed E-state index contributed by atoms with van der Waals surface area (Å²) in [7, 11) is -3.56. The van der Waals surface area contributed by atoms with Gasteiger partial charge in [-0.1, -0.05) is 0 Å². The number of fused-ring (bicyclic) bond motifs is 1. The van der Waals surface area contributed by atoms with Crippen molar-refractivity contribution in [2.75, 3.05) is 11.0 Å². The lowest BCUT2D eigenvalue weighted by Crippen LogP contribution is -2.10. The van der Waals surface area contributed by atoms with Crippen LogP contribution in [-0.2, 0) is 16.2 Å². The number of sulfonamides is 1. The van der Waals surface area contributed by atoms with E-state index in [0.29, 0.717) is 0 Å². The van der Waals surface area contributed by atoms with E-state index in [-0.39, 0.29) is 16.9 Å². The molecule has 0 aliphatic rings. The Labute approximate surface area is 99.3 Å². The van der Waals surface area contributed by atoms with E-state index >= 15 is 0 Å². The van der Waals surface area contributed by atoms with Crippen molar-refractivity contribution in [1.82, 2.24) is 15.2 Å². The molecule has 2 aromatic heterocycles. The van der Waals surface area contributed by atoms with Gasteiger partial charge in [0.05, 0.1) is 11.6 Å². The number of pyridine rings is 1. The van der Waals surface area contributed by atoms with Crippen LogP contribution in [0.2, 0.25) is 0 Å². The van der Waals surface area contributed by atoms with Crippen LogP contribution in [0.3, 0.4) is 0 Å². The van der Waals surface area contributed by atoms with Crippen LogP contribution in [0.4, 0.5) is 19.0 Å². The van der Waals surface area contributed by atoms with Crippen molar-refractivity contribution in [1.29, 1.82) is 0 Å². The predicted molar refractivity (Wildman–Crippen MR) is 57.4 cm³/mol. The lowest BCUT2D eigenvalue weighted by Gasteiger charge is -2.04. The maximum absolute atomic E-state index is 12.4. The molecule has 98 valence electrons. The number of halogens is 3. The van der Waals surface area contributed by atoms with Crippen molar-refractivity contribution in [3.8, 4) is 0 Å². The smallest absolute Gasteiger partial charge is 0.266 e. The number of nitrogens with zero attached hydrogens (tertiary/aromatic N) is 2. The van der Waals surface area contributed by atoms with Gasteiger partial charge in [0.1, 0.15) is 5.69 Å². The molecule has 0 aromatic carbocycles. The number of hydrogen-bond acceptors (Lipinski definition) is 4. The summed E-state index contributed by atoms with van der Waals surface area (Å²) >= 11 is 0. The Balaban J connectivity index is 2.51. The van der Waals surface area contributed by atoms with Gasteiger partial charge in [0, 0.05) is 0 Å². The lowest BCUT2D eigenvalue weighted by molar-refractivity contribution is -0.141. The molecule has 6 nitrogen and oxygen atoms in total. The van der Waals surface area contributed by atoms with Gasteiger partial charge in [-0.05, 0) is 12.1 Å². The van der Waals surface area contributed by atoms with Gasteiger partial charge in [-0.2, -0.15) is 18.3 Å². The maximum atomic E-state index is 12.4. The minimum Gasteiger partial charge on any atom is -0.266 e. The van der Waals surface area contributed by atoms with Crippen LogP contribution in [0.5, 0.6) is 0 Å². The number of rotatable bonds is 2. The first-order valence-corrected chi connectivity index (χ1v) is 6.46. The van der Waals surface area contributed by atoms with E-state index in [1.54, 1.807) is 0 Å². The molecule has 0 unspecified atom stereocenters. The summed E-state index contributed by atoms with van der Waals surface area (Å²) in [5, 5.41) is 5.95. The highest BCUT2D eigenvalue weighted by Gasteiger charge is 2.32.